The fourth-order valence-electron chi connectivity index (χ4n) is 4.43. The second-order valence-corrected chi connectivity index (χ2v) is 9.82. The highest BCUT2D eigenvalue weighted by atomic mass is 79.9. The van der Waals surface area contributed by atoms with Gasteiger partial charge in [-0.25, -0.2) is 9.37 Å². The largest absolute Gasteiger partial charge is 0.326 e. The first kappa shape index (κ1) is 23.0. The quantitative estimate of drug-likeness (QED) is 0.317. The van der Waals surface area contributed by atoms with Crippen molar-refractivity contribution in [2.75, 3.05) is 18.4 Å². The molecule has 0 bridgehead atoms. The summed E-state index contributed by atoms with van der Waals surface area (Å²) < 4.78 is 16.6. The average molecular weight is 542 g/mol. The molecular weight excluding hydrogens is 519 g/mol. The van der Waals surface area contributed by atoms with Crippen LogP contribution in [0.25, 0.3) is 16.7 Å². The highest BCUT2D eigenvalue weighted by Gasteiger charge is 2.26. The number of nitrogens with zero attached hydrogens (tertiary/aromatic N) is 3. The van der Waals surface area contributed by atoms with Crippen LogP contribution in [0.15, 0.2) is 71.2 Å². The van der Waals surface area contributed by atoms with Gasteiger partial charge >= 0.3 is 0 Å². The van der Waals surface area contributed by atoms with Gasteiger partial charge in [0.15, 0.2) is 0 Å². The molecular formula is C26H23BrClFN4O. The van der Waals surface area contributed by atoms with E-state index in [9.17, 15) is 9.18 Å². The molecule has 4 aromatic rings. The van der Waals surface area contributed by atoms with E-state index in [0.717, 1.165) is 52.9 Å². The molecule has 1 aromatic heterocycles. The summed E-state index contributed by atoms with van der Waals surface area (Å²) in [6.45, 7) is 2.30. The van der Waals surface area contributed by atoms with E-state index in [1.807, 2.05) is 30.3 Å². The second-order valence-electron chi connectivity index (χ2n) is 8.50. The van der Waals surface area contributed by atoms with Crippen molar-refractivity contribution in [1.82, 2.24) is 14.5 Å². The summed E-state index contributed by atoms with van der Waals surface area (Å²) >= 11 is 9.34. The predicted molar refractivity (Wildman–Crippen MR) is 137 cm³/mol. The number of hydrogen-bond acceptors (Lipinski definition) is 3. The number of fused-ring (bicyclic) bond motifs is 1. The number of nitrogens with one attached hydrogen (secondary N) is 1. The first-order chi connectivity index (χ1) is 16.5. The van der Waals surface area contributed by atoms with Crippen LogP contribution in [0.4, 0.5) is 10.1 Å². The van der Waals surface area contributed by atoms with Gasteiger partial charge in [-0.1, -0.05) is 39.7 Å². The van der Waals surface area contributed by atoms with Gasteiger partial charge in [-0.15, -0.1) is 0 Å². The van der Waals surface area contributed by atoms with Crippen molar-refractivity contribution in [3.05, 3.63) is 87.9 Å². The van der Waals surface area contributed by atoms with Crippen LogP contribution < -0.4 is 5.32 Å². The maximum Gasteiger partial charge on any atom is 0.227 e. The fourth-order valence-corrected chi connectivity index (χ4v) is 4.88. The number of amides is 1. The zero-order valence-electron chi connectivity index (χ0n) is 18.3. The highest BCUT2D eigenvalue weighted by Crippen LogP contribution is 2.27. The van der Waals surface area contributed by atoms with Crippen LogP contribution in [0.3, 0.4) is 0 Å². The third-order valence-corrected chi connectivity index (χ3v) is 7.04. The summed E-state index contributed by atoms with van der Waals surface area (Å²) in [6.07, 6.45) is 1.50. The van der Waals surface area contributed by atoms with Crippen molar-refractivity contribution >= 4 is 50.2 Å². The number of rotatable bonds is 5. The van der Waals surface area contributed by atoms with Crippen LogP contribution >= 0.6 is 27.5 Å². The number of hydrogen-bond donors (Lipinski definition) is 1. The third kappa shape index (κ3) is 4.87. The Balaban J connectivity index is 1.28. The van der Waals surface area contributed by atoms with Crippen molar-refractivity contribution < 1.29 is 9.18 Å². The predicted octanol–water partition coefficient (Wildman–Crippen LogP) is 6.43. The summed E-state index contributed by atoms with van der Waals surface area (Å²) in [5.74, 6) is 0.337. The first-order valence-electron chi connectivity index (χ1n) is 11.2. The Morgan fingerprint density at radius 1 is 1.09 bits per heavy atom. The van der Waals surface area contributed by atoms with Crippen molar-refractivity contribution in [1.29, 1.82) is 0 Å². The summed E-state index contributed by atoms with van der Waals surface area (Å²) in [6, 6.07) is 20.6. The number of carbonyl (C=O) groups is 1. The topological polar surface area (TPSA) is 50.2 Å². The monoisotopic (exact) mass is 540 g/mol. The normalized spacial score (nSPS) is 15.0. The molecule has 174 valence electrons. The van der Waals surface area contributed by atoms with E-state index in [1.54, 1.807) is 0 Å². The fraction of sp³-hybridized carbons (Fsp3) is 0.231. The number of aromatic nitrogens is 2. The molecule has 1 N–H and O–H groups in total. The lowest BCUT2D eigenvalue weighted by Crippen LogP contribution is -2.38. The van der Waals surface area contributed by atoms with Crippen molar-refractivity contribution in [2.24, 2.45) is 5.92 Å². The van der Waals surface area contributed by atoms with E-state index in [4.69, 9.17) is 16.6 Å². The Labute approximate surface area is 210 Å². The molecule has 2 heterocycles. The second kappa shape index (κ2) is 9.86. The lowest BCUT2D eigenvalue weighted by Gasteiger charge is -2.31. The van der Waals surface area contributed by atoms with Crippen LogP contribution in [0.2, 0.25) is 5.02 Å². The highest BCUT2D eigenvalue weighted by molar-refractivity contribution is 9.10. The smallest absolute Gasteiger partial charge is 0.227 e. The van der Waals surface area contributed by atoms with Crippen LogP contribution in [-0.2, 0) is 11.3 Å². The Morgan fingerprint density at radius 3 is 2.56 bits per heavy atom. The molecule has 5 nitrogen and oxygen atoms in total. The van der Waals surface area contributed by atoms with E-state index < -0.39 is 5.82 Å². The van der Waals surface area contributed by atoms with E-state index in [1.165, 1.54) is 18.2 Å². The van der Waals surface area contributed by atoms with Crippen molar-refractivity contribution in [3.63, 3.8) is 0 Å². The number of piperidine rings is 1. The molecule has 1 amide bonds. The van der Waals surface area contributed by atoms with Gasteiger partial charge in [-0.2, -0.15) is 0 Å². The molecule has 0 unspecified atom stereocenters. The van der Waals surface area contributed by atoms with Gasteiger partial charge < -0.3 is 5.32 Å². The Kier molecular flexibility index (Phi) is 6.68. The molecule has 0 aliphatic carbocycles. The molecule has 0 atom stereocenters. The molecule has 3 aromatic carbocycles. The van der Waals surface area contributed by atoms with E-state index in [-0.39, 0.29) is 16.8 Å². The summed E-state index contributed by atoms with van der Waals surface area (Å²) in [5, 5.41) is 2.87. The maximum absolute atomic E-state index is 13.4. The molecule has 0 radical (unpaired) electrons. The number of halogens is 3. The zero-order chi connectivity index (χ0) is 23.7. The molecule has 5 rings (SSSR count). The lowest BCUT2D eigenvalue weighted by molar-refractivity contribution is -0.121. The standard InChI is InChI=1S/C26H23BrClFN4O/c27-18-5-8-20(9-6-18)33-24-4-2-1-3-23(24)31-25(33)16-32-13-11-17(12-14-32)26(34)30-19-7-10-22(29)21(28)15-19/h1-10,15,17H,11-14,16H2,(H,30,34). The SMILES string of the molecule is O=C(Nc1ccc(F)c(Cl)c1)C1CCN(Cc2nc3ccccc3n2-c2ccc(Br)cc2)CC1. The molecule has 1 aliphatic heterocycles. The van der Waals surface area contributed by atoms with Crippen molar-refractivity contribution in [2.45, 2.75) is 19.4 Å². The molecule has 1 aliphatic rings. The maximum atomic E-state index is 13.4. The number of likely N-dealkylation sites (tertiary alicyclic amines) is 1. The number of para-hydroxylation sites is 2. The average Bonchev–Trinajstić information content (AvgIpc) is 3.20. The number of anilines is 1. The van der Waals surface area contributed by atoms with Crippen LogP contribution in [0.1, 0.15) is 18.7 Å². The molecule has 1 fully saturated rings. The zero-order valence-corrected chi connectivity index (χ0v) is 20.7. The summed E-state index contributed by atoms with van der Waals surface area (Å²) in [7, 11) is 0. The molecule has 0 spiro atoms. The molecule has 8 heteroatoms. The summed E-state index contributed by atoms with van der Waals surface area (Å²) in [4.78, 5) is 20.0. The molecule has 34 heavy (non-hydrogen) atoms. The Bertz CT molecular complexity index is 1330. The summed E-state index contributed by atoms with van der Waals surface area (Å²) in [5.41, 5.74) is 3.63. The van der Waals surface area contributed by atoms with Gasteiger partial charge in [-0.3, -0.25) is 14.3 Å². The Hall–Kier alpha value is -2.74. The van der Waals surface area contributed by atoms with E-state index in [2.05, 4.69) is 48.9 Å². The van der Waals surface area contributed by atoms with Gasteiger partial charge in [0.25, 0.3) is 0 Å². The molecule has 1 saturated heterocycles. The minimum atomic E-state index is -0.498. The van der Waals surface area contributed by atoms with E-state index in [0.29, 0.717) is 12.2 Å². The van der Waals surface area contributed by atoms with E-state index >= 15 is 0 Å². The van der Waals surface area contributed by atoms with Crippen LogP contribution in [0.5, 0.6) is 0 Å². The first-order valence-corrected chi connectivity index (χ1v) is 12.4. The number of imidazole rings is 1. The van der Waals surface area contributed by atoms with Gasteiger partial charge in [0.05, 0.1) is 22.6 Å². The number of carbonyl (C=O) groups excluding carboxylic acids is 1. The minimum absolute atomic E-state index is 0.00119. The molecule has 0 saturated carbocycles. The van der Waals surface area contributed by atoms with Gasteiger partial charge in [0, 0.05) is 21.8 Å². The Morgan fingerprint density at radius 2 is 1.82 bits per heavy atom. The van der Waals surface area contributed by atoms with Crippen molar-refractivity contribution in [3.8, 4) is 5.69 Å². The number of benzene rings is 3. The third-order valence-electron chi connectivity index (χ3n) is 6.23. The minimum Gasteiger partial charge on any atom is -0.326 e. The van der Waals surface area contributed by atoms with Crippen LogP contribution in [-0.4, -0.2) is 33.4 Å². The van der Waals surface area contributed by atoms with Crippen LogP contribution in [0, 0.1) is 11.7 Å². The lowest BCUT2D eigenvalue weighted by atomic mass is 9.96. The van der Waals surface area contributed by atoms with Gasteiger partial charge in [0.2, 0.25) is 5.91 Å². The van der Waals surface area contributed by atoms with Gasteiger partial charge in [0.1, 0.15) is 11.6 Å². The van der Waals surface area contributed by atoms with Gasteiger partial charge in [-0.05, 0) is 80.5 Å².